The fourth-order valence-corrected chi connectivity index (χ4v) is 3.93. The lowest BCUT2D eigenvalue weighted by molar-refractivity contribution is -0.127. The van der Waals surface area contributed by atoms with Crippen LogP contribution in [-0.4, -0.2) is 43.0 Å². The molecule has 162 valence electrons. The molecule has 8 nitrogen and oxygen atoms in total. The van der Waals surface area contributed by atoms with Crippen LogP contribution in [0.1, 0.15) is 18.1 Å². The second-order valence-electron chi connectivity index (χ2n) is 6.76. The highest BCUT2D eigenvalue weighted by Gasteiger charge is 2.35. The highest BCUT2D eigenvalue weighted by atomic mass is 127. The number of urea groups is 1. The van der Waals surface area contributed by atoms with Crippen molar-refractivity contribution < 1.29 is 23.9 Å². The number of hydrogen-bond acceptors (Lipinski definition) is 5. The normalized spacial score (nSPS) is 14.6. The maximum absolute atomic E-state index is 12.7. The zero-order valence-corrected chi connectivity index (χ0v) is 19.5. The first-order chi connectivity index (χ1) is 14.8. The molecule has 2 aromatic carbocycles. The lowest BCUT2D eigenvalue weighted by Crippen LogP contribution is -2.38. The van der Waals surface area contributed by atoms with Gasteiger partial charge in [-0.25, -0.2) is 9.69 Å². The first-order valence-electron chi connectivity index (χ1n) is 9.53. The van der Waals surface area contributed by atoms with Gasteiger partial charge >= 0.3 is 6.03 Å². The third-order valence-corrected chi connectivity index (χ3v) is 5.21. The summed E-state index contributed by atoms with van der Waals surface area (Å²) < 4.78 is 11.8. The Morgan fingerprint density at radius 2 is 2.03 bits per heavy atom. The van der Waals surface area contributed by atoms with Crippen LogP contribution >= 0.6 is 22.6 Å². The quantitative estimate of drug-likeness (QED) is 0.321. The fourth-order valence-electron chi connectivity index (χ4n) is 3.08. The maximum Gasteiger partial charge on any atom is 0.329 e. The Morgan fingerprint density at radius 3 is 2.71 bits per heavy atom. The molecule has 1 aliphatic rings. The predicted octanol–water partition coefficient (Wildman–Crippen LogP) is 3.54. The molecule has 0 aliphatic carbocycles. The number of benzene rings is 2. The molecule has 1 saturated heterocycles. The standard InChI is InChI=1S/C22H22IN3O5/c1-4-31-18-11-14(9-16(23)20(18)30-3)10-17-21(28)26(22(29)25-17)12-19(27)24-15-7-5-6-13(2)8-15/h5-11H,4,12H2,1-3H3,(H,24,27)(H,25,29)/b17-10+. The smallest absolute Gasteiger partial charge is 0.329 e. The van der Waals surface area contributed by atoms with E-state index in [1.807, 2.05) is 26.0 Å². The summed E-state index contributed by atoms with van der Waals surface area (Å²) in [5.74, 6) is 0.0943. The second-order valence-corrected chi connectivity index (χ2v) is 7.93. The molecule has 0 spiro atoms. The van der Waals surface area contributed by atoms with Crippen LogP contribution in [0.2, 0.25) is 0 Å². The van der Waals surface area contributed by atoms with Crippen molar-refractivity contribution in [3.8, 4) is 11.5 Å². The minimum atomic E-state index is -0.649. The van der Waals surface area contributed by atoms with Crippen LogP contribution in [0, 0.1) is 10.5 Å². The van der Waals surface area contributed by atoms with Gasteiger partial charge in [0.25, 0.3) is 5.91 Å². The molecule has 0 atom stereocenters. The summed E-state index contributed by atoms with van der Waals surface area (Å²) in [7, 11) is 1.55. The SMILES string of the molecule is CCOc1cc(/C=C2/NC(=O)N(CC(=O)Nc3cccc(C)c3)C2=O)cc(I)c1OC. The minimum Gasteiger partial charge on any atom is -0.492 e. The van der Waals surface area contributed by atoms with E-state index in [2.05, 4.69) is 33.2 Å². The number of methoxy groups -OCH3 is 1. The van der Waals surface area contributed by atoms with Gasteiger partial charge in [-0.05, 0) is 77.9 Å². The van der Waals surface area contributed by atoms with E-state index in [9.17, 15) is 14.4 Å². The number of amides is 4. The Balaban J connectivity index is 1.76. The van der Waals surface area contributed by atoms with E-state index < -0.39 is 17.8 Å². The predicted molar refractivity (Wildman–Crippen MR) is 125 cm³/mol. The Kier molecular flexibility index (Phi) is 7.16. The zero-order chi connectivity index (χ0) is 22.5. The number of aryl methyl sites for hydroxylation is 1. The molecule has 2 N–H and O–H groups in total. The van der Waals surface area contributed by atoms with Crippen LogP contribution in [0.25, 0.3) is 6.08 Å². The molecule has 0 aromatic heterocycles. The van der Waals surface area contributed by atoms with E-state index in [0.717, 1.165) is 14.0 Å². The van der Waals surface area contributed by atoms with Gasteiger partial charge in [-0.1, -0.05) is 12.1 Å². The number of anilines is 1. The molecule has 2 aromatic rings. The molecule has 4 amide bonds. The maximum atomic E-state index is 12.7. The van der Waals surface area contributed by atoms with Gasteiger partial charge in [-0.2, -0.15) is 0 Å². The number of carbonyl (C=O) groups is 3. The molecule has 1 heterocycles. The summed E-state index contributed by atoms with van der Waals surface area (Å²) >= 11 is 2.11. The molecule has 1 fully saturated rings. The molecule has 1 aliphatic heterocycles. The molecule has 0 radical (unpaired) electrons. The Labute approximate surface area is 193 Å². The van der Waals surface area contributed by atoms with Crippen molar-refractivity contribution in [2.45, 2.75) is 13.8 Å². The summed E-state index contributed by atoms with van der Waals surface area (Å²) in [6.07, 6.45) is 1.54. The lowest BCUT2D eigenvalue weighted by Gasteiger charge is -2.12. The topological polar surface area (TPSA) is 97.0 Å². The molecule has 3 rings (SSSR count). The van der Waals surface area contributed by atoms with Crippen LogP contribution in [0.3, 0.4) is 0 Å². The number of hydrogen-bond donors (Lipinski definition) is 2. The van der Waals surface area contributed by atoms with Crippen molar-refractivity contribution in [1.82, 2.24) is 10.2 Å². The third-order valence-electron chi connectivity index (χ3n) is 4.41. The Bertz CT molecular complexity index is 1070. The first-order valence-corrected chi connectivity index (χ1v) is 10.6. The van der Waals surface area contributed by atoms with Gasteiger partial charge in [0, 0.05) is 5.69 Å². The molecule has 0 bridgehead atoms. The molecule has 0 unspecified atom stereocenters. The monoisotopic (exact) mass is 535 g/mol. The van der Waals surface area contributed by atoms with Crippen molar-refractivity contribution in [2.75, 3.05) is 25.6 Å². The van der Waals surface area contributed by atoms with E-state index in [4.69, 9.17) is 9.47 Å². The van der Waals surface area contributed by atoms with E-state index in [0.29, 0.717) is 29.4 Å². The Morgan fingerprint density at radius 1 is 1.26 bits per heavy atom. The molecule has 0 saturated carbocycles. The van der Waals surface area contributed by atoms with Crippen LogP contribution in [0.4, 0.5) is 10.5 Å². The number of halogens is 1. The van der Waals surface area contributed by atoms with Gasteiger partial charge in [-0.3, -0.25) is 9.59 Å². The van der Waals surface area contributed by atoms with Gasteiger partial charge in [-0.15, -0.1) is 0 Å². The first kappa shape index (κ1) is 22.6. The third kappa shape index (κ3) is 5.35. The number of ether oxygens (including phenoxy) is 2. The van der Waals surface area contributed by atoms with Crippen molar-refractivity contribution in [3.63, 3.8) is 0 Å². The van der Waals surface area contributed by atoms with Crippen molar-refractivity contribution >= 4 is 52.2 Å². The number of imide groups is 1. The summed E-state index contributed by atoms with van der Waals surface area (Å²) in [6.45, 7) is 3.82. The Hall–Kier alpha value is -3.08. The number of rotatable bonds is 7. The average molecular weight is 535 g/mol. The van der Waals surface area contributed by atoms with Crippen LogP contribution in [0.5, 0.6) is 11.5 Å². The lowest BCUT2D eigenvalue weighted by atomic mass is 10.1. The molecule has 9 heteroatoms. The van der Waals surface area contributed by atoms with E-state index >= 15 is 0 Å². The summed E-state index contributed by atoms with van der Waals surface area (Å²) in [5, 5.41) is 5.22. The van der Waals surface area contributed by atoms with Gasteiger partial charge in [0.05, 0.1) is 17.3 Å². The minimum absolute atomic E-state index is 0.0803. The molecular weight excluding hydrogens is 513 g/mol. The van der Waals surface area contributed by atoms with Crippen molar-refractivity contribution in [2.24, 2.45) is 0 Å². The van der Waals surface area contributed by atoms with Crippen LogP contribution in [-0.2, 0) is 9.59 Å². The summed E-state index contributed by atoms with van der Waals surface area (Å²) in [4.78, 5) is 38.2. The van der Waals surface area contributed by atoms with Gasteiger partial charge < -0.3 is 20.1 Å². The number of nitrogens with one attached hydrogen (secondary N) is 2. The fraction of sp³-hybridized carbons (Fsp3) is 0.227. The molecule has 31 heavy (non-hydrogen) atoms. The van der Waals surface area contributed by atoms with Gasteiger partial charge in [0.15, 0.2) is 11.5 Å². The van der Waals surface area contributed by atoms with Crippen LogP contribution in [0.15, 0.2) is 42.1 Å². The van der Waals surface area contributed by atoms with Crippen LogP contribution < -0.4 is 20.1 Å². The van der Waals surface area contributed by atoms with Gasteiger partial charge in [0.2, 0.25) is 5.91 Å². The highest BCUT2D eigenvalue weighted by molar-refractivity contribution is 14.1. The second kappa shape index (κ2) is 9.82. The molecular formula is C22H22IN3O5. The zero-order valence-electron chi connectivity index (χ0n) is 17.3. The van der Waals surface area contributed by atoms with E-state index in [-0.39, 0.29) is 12.2 Å². The summed E-state index contributed by atoms with van der Waals surface area (Å²) in [6, 6.07) is 10.1. The largest absolute Gasteiger partial charge is 0.492 e. The van der Waals surface area contributed by atoms with Crippen molar-refractivity contribution in [3.05, 3.63) is 56.8 Å². The van der Waals surface area contributed by atoms with E-state index in [1.54, 1.807) is 37.5 Å². The van der Waals surface area contributed by atoms with Gasteiger partial charge in [0.1, 0.15) is 12.2 Å². The number of carbonyl (C=O) groups excluding carboxylic acids is 3. The van der Waals surface area contributed by atoms with Crippen molar-refractivity contribution in [1.29, 1.82) is 0 Å². The highest BCUT2D eigenvalue weighted by Crippen LogP contribution is 2.34. The number of nitrogens with zero attached hydrogens (tertiary/aromatic N) is 1. The summed E-state index contributed by atoms with van der Waals surface area (Å²) in [5.41, 5.74) is 2.32. The van der Waals surface area contributed by atoms with E-state index in [1.165, 1.54) is 0 Å². The average Bonchev–Trinajstić information content (AvgIpc) is 2.95.